The number of rotatable bonds is 6. The Hall–Kier alpha value is -1.60. The minimum Gasteiger partial charge on any atom is -0.504 e. The second-order valence-corrected chi connectivity index (χ2v) is 9.67. The van der Waals surface area contributed by atoms with E-state index in [1.807, 2.05) is 6.07 Å². The Labute approximate surface area is 188 Å². The summed E-state index contributed by atoms with van der Waals surface area (Å²) in [5.41, 5.74) is 1.07. The highest BCUT2D eigenvalue weighted by Gasteiger charge is 2.77. The summed E-state index contributed by atoms with van der Waals surface area (Å²) in [6.07, 6.45) is 3.70. The monoisotopic (exact) mass is 447 g/mol. The van der Waals surface area contributed by atoms with Crippen molar-refractivity contribution in [3.8, 4) is 11.5 Å². The molecule has 1 spiro atoms. The molecule has 0 radical (unpaired) electrons. The van der Waals surface area contributed by atoms with E-state index in [0.717, 1.165) is 17.7 Å². The van der Waals surface area contributed by atoms with Crippen molar-refractivity contribution >= 4 is 17.4 Å². The van der Waals surface area contributed by atoms with Crippen LogP contribution >= 0.6 is 11.6 Å². The molecule has 1 N–H and O–H groups in total. The molecule has 1 aromatic carbocycles. The maximum atomic E-state index is 13.5. The first-order chi connectivity index (χ1) is 14.9. The van der Waals surface area contributed by atoms with E-state index in [9.17, 15) is 9.90 Å². The molecular weight excluding hydrogens is 418 g/mol. The number of halogens is 1. The fourth-order valence-corrected chi connectivity index (χ4v) is 8.10. The number of likely N-dealkylation sites (N-methyl/N-ethyl adjacent to an activating group) is 1. The standard InChI is InChI=1S/C24H30ClNO5/c1-5-26-11-23(12-29-2)18(28)6-7-24-15(10-25)13-8-16(27)17(30-3)9-14(13)19(22(24)26)20(31-4)21(23)24/h6-9,15,19-22,27H,5,10-12H2,1-4H3/t15-,19+,20+,21-,22?,23+,24-/m1/s1. The lowest BCUT2D eigenvalue weighted by molar-refractivity contribution is -0.159. The molecule has 0 amide bonds. The van der Waals surface area contributed by atoms with Crippen molar-refractivity contribution in [1.29, 1.82) is 0 Å². The van der Waals surface area contributed by atoms with E-state index in [-0.39, 0.29) is 46.8 Å². The number of alkyl halides is 1. The molecule has 1 saturated carbocycles. The van der Waals surface area contributed by atoms with Gasteiger partial charge in [-0.2, -0.15) is 0 Å². The third kappa shape index (κ3) is 2.37. The van der Waals surface area contributed by atoms with Crippen LogP contribution in [0, 0.1) is 16.7 Å². The van der Waals surface area contributed by atoms with E-state index < -0.39 is 5.41 Å². The van der Waals surface area contributed by atoms with Gasteiger partial charge in [0.25, 0.3) is 0 Å². The van der Waals surface area contributed by atoms with E-state index in [2.05, 4.69) is 17.9 Å². The van der Waals surface area contributed by atoms with Crippen LogP contribution in [0.3, 0.4) is 0 Å². The number of piperidine rings is 1. The summed E-state index contributed by atoms with van der Waals surface area (Å²) in [4.78, 5) is 15.9. The zero-order chi connectivity index (χ0) is 22.1. The maximum absolute atomic E-state index is 13.5. The highest BCUT2D eigenvalue weighted by Crippen LogP contribution is 2.73. The van der Waals surface area contributed by atoms with E-state index in [0.29, 0.717) is 24.8 Å². The van der Waals surface area contributed by atoms with Crippen LogP contribution in [0.5, 0.6) is 11.5 Å². The van der Waals surface area contributed by atoms with Gasteiger partial charge in [0, 0.05) is 55.9 Å². The number of likely N-dealkylation sites (tertiary alicyclic amines) is 1. The minimum absolute atomic E-state index is 0.0354. The smallest absolute Gasteiger partial charge is 0.165 e. The molecule has 0 aromatic heterocycles. The average Bonchev–Trinajstić information content (AvgIpc) is 2.92. The molecule has 1 saturated heterocycles. The van der Waals surface area contributed by atoms with Crippen LogP contribution in [-0.4, -0.2) is 74.8 Å². The van der Waals surface area contributed by atoms with E-state index in [4.69, 9.17) is 25.8 Å². The second kappa shape index (κ2) is 7.20. The number of aromatic hydroxyl groups is 1. The fourth-order valence-electron chi connectivity index (χ4n) is 7.66. The third-order valence-electron chi connectivity index (χ3n) is 8.52. The lowest BCUT2D eigenvalue weighted by atomic mass is 9.49. The molecular formula is C24H30ClNO5. The zero-order valence-corrected chi connectivity index (χ0v) is 19.2. The molecule has 1 aliphatic heterocycles. The molecule has 7 heteroatoms. The number of phenols is 1. The summed E-state index contributed by atoms with van der Waals surface area (Å²) in [7, 11) is 4.96. The van der Waals surface area contributed by atoms with Crippen molar-refractivity contribution in [3.63, 3.8) is 0 Å². The number of ketones is 1. The first kappa shape index (κ1) is 21.3. The number of phenolic OH excluding ortho intramolecular Hbond substituents is 1. The first-order valence-corrected chi connectivity index (χ1v) is 11.4. The summed E-state index contributed by atoms with van der Waals surface area (Å²) < 4.78 is 17.4. The molecule has 6 nitrogen and oxygen atoms in total. The zero-order valence-electron chi connectivity index (χ0n) is 18.4. The SMILES string of the molecule is CCN1C[C@]2(COC)C(=O)C=C[C@@]34C1[C@@H](c1cc(OC)c(O)cc1[C@H]3CCl)[C@H](OC)[C@H]24. The summed E-state index contributed by atoms with van der Waals surface area (Å²) in [5, 5.41) is 10.6. The summed E-state index contributed by atoms with van der Waals surface area (Å²) in [6.45, 7) is 3.95. The lowest BCUT2D eigenvalue weighted by Crippen LogP contribution is -2.68. The summed E-state index contributed by atoms with van der Waals surface area (Å²) >= 11 is 6.70. The van der Waals surface area contributed by atoms with Crippen LogP contribution in [-0.2, 0) is 14.3 Å². The van der Waals surface area contributed by atoms with Gasteiger partial charge in [0.15, 0.2) is 17.3 Å². The van der Waals surface area contributed by atoms with Crippen molar-refractivity contribution in [1.82, 2.24) is 4.90 Å². The lowest BCUT2D eigenvalue weighted by Gasteiger charge is -2.61. The molecule has 7 atom stereocenters. The Morgan fingerprint density at radius 2 is 2.03 bits per heavy atom. The van der Waals surface area contributed by atoms with Crippen molar-refractivity contribution in [2.24, 2.45) is 16.7 Å². The Morgan fingerprint density at radius 3 is 2.65 bits per heavy atom. The fraction of sp³-hybridized carbons (Fsp3) is 0.625. The van der Waals surface area contributed by atoms with E-state index >= 15 is 0 Å². The van der Waals surface area contributed by atoms with E-state index in [1.165, 1.54) is 0 Å². The van der Waals surface area contributed by atoms with Gasteiger partial charge in [0.1, 0.15) is 0 Å². The van der Waals surface area contributed by atoms with Crippen molar-refractivity contribution < 1.29 is 24.1 Å². The normalized spacial score (nSPS) is 40.2. The summed E-state index contributed by atoms with van der Waals surface area (Å²) in [6, 6.07) is 3.90. The molecule has 1 unspecified atom stereocenters. The van der Waals surface area contributed by atoms with Gasteiger partial charge in [-0.05, 0) is 35.9 Å². The topological polar surface area (TPSA) is 68.2 Å². The highest BCUT2D eigenvalue weighted by atomic mass is 35.5. The van der Waals surface area contributed by atoms with E-state index in [1.54, 1.807) is 33.5 Å². The second-order valence-electron chi connectivity index (χ2n) is 9.36. The first-order valence-electron chi connectivity index (χ1n) is 10.9. The number of hydrogen-bond acceptors (Lipinski definition) is 6. The Balaban J connectivity index is 1.85. The molecule has 1 aromatic rings. The highest BCUT2D eigenvalue weighted by molar-refractivity contribution is 6.18. The average molecular weight is 448 g/mol. The Kier molecular flexibility index (Phi) is 4.94. The van der Waals surface area contributed by atoms with Crippen LogP contribution in [0.1, 0.15) is 29.9 Å². The molecule has 31 heavy (non-hydrogen) atoms. The number of ether oxygens (including phenoxy) is 3. The van der Waals surface area contributed by atoms with Gasteiger partial charge in [0.2, 0.25) is 0 Å². The number of fused-ring (bicyclic) bond motifs is 2. The van der Waals surface area contributed by atoms with Gasteiger partial charge in [-0.15, -0.1) is 11.6 Å². The van der Waals surface area contributed by atoms with Gasteiger partial charge in [-0.3, -0.25) is 9.69 Å². The van der Waals surface area contributed by atoms with Crippen LogP contribution in [0.2, 0.25) is 0 Å². The van der Waals surface area contributed by atoms with Crippen LogP contribution in [0.15, 0.2) is 24.3 Å². The number of carbonyl (C=O) groups excluding carboxylic acids is 1. The molecule has 168 valence electrons. The van der Waals surface area contributed by atoms with Crippen molar-refractivity contribution in [2.45, 2.75) is 30.9 Å². The molecule has 4 aliphatic rings. The molecule has 5 rings (SSSR count). The van der Waals surface area contributed by atoms with Gasteiger partial charge >= 0.3 is 0 Å². The van der Waals surface area contributed by atoms with Crippen LogP contribution in [0.25, 0.3) is 0 Å². The Bertz CT molecular complexity index is 950. The van der Waals surface area contributed by atoms with Crippen LogP contribution < -0.4 is 4.74 Å². The predicted octanol–water partition coefficient (Wildman–Crippen LogP) is 2.93. The minimum atomic E-state index is -0.691. The molecule has 1 heterocycles. The Morgan fingerprint density at radius 1 is 1.26 bits per heavy atom. The largest absolute Gasteiger partial charge is 0.504 e. The number of methoxy groups -OCH3 is 3. The van der Waals surface area contributed by atoms with Gasteiger partial charge in [-0.25, -0.2) is 0 Å². The molecule has 2 fully saturated rings. The quantitative estimate of drug-likeness (QED) is 0.676. The molecule has 5 bridgehead atoms. The number of allylic oxidation sites excluding steroid dienone is 1. The number of nitrogens with zero attached hydrogens (tertiary/aromatic N) is 1. The van der Waals surface area contributed by atoms with Gasteiger partial charge in [-0.1, -0.05) is 13.0 Å². The van der Waals surface area contributed by atoms with Crippen molar-refractivity contribution in [2.75, 3.05) is 46.9 Å². The van der Waals surface area contributed by atoms with Gasteiger partial charge in [0.05, 0.1) is 25.2 Å². The predicted molar refractivity (Wildman–Crippen MR) is 117 cm³/mol. The summed E-state index contributed by atoms with van der Waals surface area (Å²) in [5.74, 6) is 0.950. The van der Waals surface area contributed by atoms with Gasteiger partial charge < -0.3 is 19.3 Å². The number of hydrogen-bond donors (Lipinski definition) is 1. The third-order valence-corrected chi connectivity index (χ3v) is 8.83. The van der Waals surface area contributed by atoms with Crippen LogP contribution in [0.4, 0.5) is 0 Å². The number of benzene rings is 1. The van der Waals surface area contributed by atoms with Crippen molar-refractivity contribution in [3.05, 3.63) is 35.4 Å². The molecule has 3 aliphatic carbocycles. The maximum Gasteiger partial charge on any atom is 0.165 e. The number of carbonyl (C=O) groups is 1.